The Hall–Kier alpha value is -1.05. The second-order valence-corrected chi connectivity index (χ2v) is 4.40. The smallest absolute Gasteiger partial charge is 0.131 e. The van der Waals surface area contributed by atoms with E-state index in [-0.39, 0.29) is 5.82 Å². The van der Waals surface area contributed by atoms with Crippen molar-refractivity contribution in [2.24, 2.45) is 0 Å². The molecule has 0 aromatic heterocycles. The lowest BCUT2D eigenvalue weighted by atomic mass is 10.0. The lowest BCUT2D eigenvalue weighted by molar-refractivity contribution is 0.631. The molecule has 0 amide bonds. The number of aryl methyl sites for hydroxylation is 1. The van der Waals surface area contributed by atoms with Crippen LogP contribution < -0.4 is 0 Å². The Kier molecular flexibility index (Phi) is 3.17. The van der Waals surface area contributed by atoms with Crippen molar-refractivity contribution in [1.82, 2.24) is 0 Å². The van der Waals surface area contributed by atoms with Crippen LogP contribution in [0.2, 0.25) is 10.0 Å². The van der Waals surface area contributed by atoms with Crippen LogP contribution in [0, 0.1) is 12.7 Å². The SMILES string of the molecule is Cc1cc(Cl)c(-c2ccccc2F)c(Cl)c1. The van der Waals surface area contributed by atoms with E-state index in [9.17, 15) is 4.39 Å². The van der Waals surface area contributed by atoms with Crippen LogP contribution in [-0.2, 0) is 0 Å². The van der Waals surface area contributed by atoms with Crippen molar-refractivity contribution in [3.8, 4) is 11.1 Å². The molecule has 0 aliphatic carbocycles. The first-order valence-corrected chi connectivity index (χ1v) is 5.55. The molecular weight excluding hydrogens is 246 g/mol. The first-order chi connectivity index (χ1) is 7.59. The number of rotatable bonds is 1. The van der Waals surface area contributed by atoms with E-state index in [1.807, 2.05) is 6.92 Å². The maximum atomic E-state index is 13.6. The molecule has 0 aliphatic rings. The highest BCUT2D eigenvalue weighted by Gasteiger charge is 2.12. The van der Waals surface area contributed by atoms with Gasteiger partial charge in [0.2, 0.25) is 0 Å². The molecule has 16 heavy (non-hydrogen) atoms. The molecule has 0 N–H and O–H groups in total. The molecule has 3 heteroatoms. The second kappa shape index (κ2) is 4.44. The third-order valence-electron chi connectivity index (χ3n) is 2.33. The molecule has 82 valence electrons. The van der Waals surface area contributed by atoms with Crippen molar-refractivity contribution in [1.29, 1.82) is 0 Å². The van der Waals surface area contributed by atoms with Crippen LogP contribution in [0.25, 0.3) is 11.1 Å². The quantitative estimate of drug-likeness (QED) is 0.664. The van der Waals surface area contributed by atoms with Crippen LogP contribution in [0.3, 0.4) is 0 Å². The topological polar surface area (TPSA) is 0 Å². The van der Waals surface area contributed by atoms with E-state index in [1.165, 1.54) is 6.07 Å². The standard InChI is InChI=1S/C13H9Cl2F/c1-8-6-10(14)13(11(15)7-8)9-4-2-3-5-12(9)16/h2-7H,1H3. The van der Waals surface area contributed by atoms with Crippen LogP contribution in [-0.4, -0.2) is 0 Å². The van der Waals surface area contributed by atoms with E-state index >= 15 is 0 Å². The van der Waals surface area contributed by atoms with Gasteiger partial charge in [-0.15, -0.1) is 0 Å². The van der Waals surface area contributed by atoms with E-state index in [4.69, 9.17) is 23.2 Å². The summed E-state index contributed by atoms with van der Waals surface area (Å²) >= 11 is 12.2. The van der Waals surface area contributed by atoms with Gasteiger partial charge in [-0.3, -0.25) is 0 Å². The summed E-state index contributed by atoms with van der Waals surface area (Å²) in [5, 5.41) is 0.935. The summed E-state index contributed by atoms with van der Waals surface area (Å²) in [6.07, 6.45) is 0. The van der Waals surface area contributed by atoms with Gasteiger partial charge in [-0.05, 0) is 30.7 Å². The molecular formula is C13H9Cl2F. The fourth-order valence-corrected chi connectivity index (χ4v) is 2.42. The predicted molar refractivity (Wildman–Crippen MR) is 66.6 cm³/mol. The number of hydrogen-bond acceptors (Lipinski definition) is 0. The molecule has 0 heterocycles. The molecule has 2 rings (SSSR count). The molecule has 0 saturated heterocycles. The molecule has 2 aromatic rings. The fourth-order valence-electron chi connectivity index (χ4n) is 1.62. The van der Waals surface area contributed by atoms with Crippen LogP contribution in [0.5, 0.6) is 0 Å². The summed E-state index contributed by atoms with van der Waals surface area (Å²) in [4.78, 5) is 0. The van der Waals surface area contributed by atoms with Gasteiger partial charge in [0, 0.05) is 11.1 Å². The third-order valence-corrected chi connectivity index (χ3v) is 2.93. The molecule has 2 aromatic carbocycles. The fraction of sp³-hybridized carbons (Fsp3) is 0.0769. The normalized spacial score (nSPS) is 10.5. The van der Waals surface area contributed by atoms with Gasteiger partial charge in [-0.2, -0.15) is 0 Å². The van der Waals surface area contributed by atoms with Gasteiger partial charge in [-0.1, -0.05) is 41.4 Å². The average molecular weight is 255 g/mol. The Bertz CT molecular complexity index is 512. The van der Waals surface area contributed by atoms with Crippen LogP contribution in [0.15, 0.2) is 36.4 Å². The Labute approximate surface area is 104 Å². The van der Waals surface area contributed by atoms with Crippen molar-refractivity contribution in [2.75, 3.05) is 0 Å². The zero-order chi connectivity index (χ0) is 11.7. The molecule has 0 spiro atoms. The van der Waals surface area contributed by atoms with Crippen LogP contribution in [0.1, 0.15) is 5.56 Å². The van der Waals surface area contributed by atoms with Crippen molar-refractivity contribution < 1.29 is 4.39 Å². The maximum Gasteiger partial charge on any atom is 0.131 e. The highest BCUT2D eigenvalue weighted by molar-refractivity contribution is 6.39. The highest BCUT2D eigenvalue weighted by atomic mass is 35.5. The summed E-state index contributed by atoms with van der Waals surface area (Å²) in [5.41, 5.74) is 1.93. The number of hydrogen-bond donors (Lipinski definition) is 0. The zero-order valence-corrected chi connectivity index (χ0v) is 10.1. The third kappa shape index (κ3) is 2.06. The van der Waals surface area contributed by atoms with Crippen molar-refractivity contribution in [3.05, 3.63) is 57.8 Å². The first-order valence-electron chi connectivity index (χ1n) is 4.80. The minimum Gasteiger partial charge on any atom is -0.206 e. The highest BCUT2D eigenvalue weighted by Crippen LogP contribution is 2.36. The van der Waals surface area contributed by atoms with Gasteiger partial charge in [0.05, 0.1) is 10.0 Å². The Morgan fingerprint density at radius 3 is 2.12 bits per heavy atom. The molecule has 0 fully saturated rings. The van der Waals surface area contributed by atoms with Crippen molar-refractivity contribution in [2.45, 2.75) is 6.92 Å². The van der Waals surface area contributed by atoms with Gasteiger partial charge >= 0.3 is 0 Å². The maximum absolute atomic E-state index is 13.6. The Morgan fingerprint density at radius 1 is 1.00 bits per heavy atom. The zero-order valence-electron chi connectivity index (χ0n) is 8.60. The molecule has 0 saturated carbocycles. The van der Waals surface area contributed by atoms with Crippen molar-refractivity contribution in [3.63, 3.8) is 0 Å². The predicted octanol–water partition coefficient (Wildman–Crippen LogP) is 5.11. The van der Waals surface area contributed by atoms with Crippen LogP contribution >= 0.6 is 23.2 Å². The second-order valence-electron chi connectivity index (χ2n) is 3.58. The van der Waals surface area contributed by atoms with E-state index in [2.05, 4.69) is 0 Å². The molecule has 0 aliphatic heterocycles. The number of benzene rings is 2. The first kappa shape index (κ1) is 11.4. The monoisotopic (exact) mass is 254 g/mol. The van der Waals surface area contributed by atoms with Gasteiger partial charge in [0.1, 0.15) is 5.82 Å². The largest absolute Gasteiger partial charge is 0.206 e. The minimum absolute atomic E-state index is 0.324. The van der Waals surface area contributed by atoms with Gasteiger partial charge in [0.15, 0.2) is 0 Å². The average Bonchev–Trinajstić information content (AvgIpc) is 2.19. The van der Waals surface area contributed by atoms with Gasteiger partial charge < -0.3 is 0 Å². The van der Waals surface area contributed by atoms with Gasteiger partial charge in [-0.25, -0.2) is 4.39 Å². The molecule has 0 unspecified atom stereocenters. The molecule has 0 nitrogen and oxygen atoms in total. The molecule has 0 radical (unpaired) electrons. The Morgan fingerprint density at radius 2 is 1.56 bits per heavy atom. The van der Waals surface area contributed by atoms with Crippen LogP contribution in [0.4, 0.5) is 4.39 Å². The molecule has 0 atom stereocenters. The summed E-state index contributed by atoms with van der Waals surface area (Å²) < 4.78 is 13.6. The van der Waals surface area contributed by atoms with E-state index in [1.54, 1.807) is 30.3 Å². The molecule has 0 bridgehead atoms. The lowest BCUT2D eigenvalue weighted by Crippen LogP contribution is -1.87. The minimum atomic E-state index is -0.324. The summed E-state index contributed by atoms with van der Waals surface area (Å²) in [5.74, 6) is -0.324. The summed E-state index contributed by atoms with van der Waals surface area (Å²) in [6.45, 7) is 1.89. The Balaban J connectivity index is 2.70. The van der Waals surface area contributed by atoms with E-state index in [0.717, 1.165) is 5.56 Å². The van der Waals surface area contributed by atoms with E-state index in [0.29, 0.717) is 21.2 Å². The van der Waals surface area contributed by atoms with Gasteiger partial charge in [0.25, 0.3) is 0 Å². The summed E-state index contributed by atoms with van der Waals surface area (Å²) in [6, 6.07) is 9.99. The lowest BCUT2D eigenvalue weighted by Gasteiger charge is -2.09. The summed E-state index contributed by atoms with van der Waals surface area (Å²) in [7, 11) is 0. The number of halogens is 3. The van der Waals surface area contributed by atoms with Crippen molar-refractivity contribution >= 4 is 23.2 Å². The van der Waals surface area contributed by atoms with E-state index < -0.39 is 0 Å².